The summed E-state index contributed by atoms with van der Waals surface area (Å²) in [5.74, 6) is -0.455. The van der Waals surface area contributed by atoms with E-state index in [1.54, 1.807) is 26.3 Å². The number of para-hydroxylation sites is 1. The highest BCUT2D eigenvalue weighted by Crippen LogP contribution is 2.25. The summed E-state index contributed by atoms with van der Waals surface area (Å²) in [6, 6.07) is 11.6. The highest BCUT2D eigenvalue weighted by atomic mass is 32.2. The number of nitrogens with zero attached hydrogens (tertiary/aromatic N) is 2. The zero-order valence-corrected chi connectivity index (χ0v) is 16.5. The van der Waals surface area contributed by atoms with Gasteiger partial charge in [0.25, 0.3) is 0 Å². The van der Waals surface area contributed by atoms with Gasteiger partial charge in [-0.15, -0.1) is 0 Å². The Bertz CT molecular complexity index is 900. The van der Waals surface area contributed by atoms with E-state index in [-0.39, 0.29) is 12.2 Å². The van der Waals surface area contributed by atoms with Crippen molar-refractivity contribution in [1.82, 2.24) is 4.90 Å². The lowest BCUT2D eigenvalue weighted by Gasteiger charge is -2.31. The minimum Gasteiger partial charge on any atom is -0.497 e. The van der Waals surface area contributed by atoms with Gasteiger partial charge in [-0.3, -0.25) is 9.10 Å². The molecular formula is C19H23FN2O4S. The lowest BCUT2D eigenvalue weighted by atomic mass is 10.2. The molecule has 0 radical (unpaired) electrons. The van der Waals surface area contributed by atoms with Crippen LogP contribution in [0, 0.1) is 5.82 Å². The number of rotatable bonds is 7. The maximum absolute atomic E-state index is 14.2. The predicted molar refractivity (Wildman–Crippen MR) is 103 cm³/mol. The first-order chi connectivity index (χ1) is 12.6. The van der Waals surface area contributed by atoms with E-state index in [1.165, 1.54) is 30.0 Å². The molecule has 2 aromatic carbocycles. The summed E-state index contributed by atoms with van der Waals surface area (Å²) in [6.07, 6.45) is 0.951. The Kier molecular flexibility index (Phi) is 6.43. The molecular weight excluding hydrogens is 371 g/mol. The fourth-order valence-electron chi connectivity index (χ4n) is 2.81. The smallest absolute Gasteiger partial charge is 0.246 e. The number of benzene rings is 2. The first-order valence-electron chi connectivity index (χ1n) is 8.27. The van der Waals surface area contributed by atoms with Crippen LogP contribution in [-0.4, -0.2) is 45.7 Å². The average Bonchev–Trinajstić information content (AvgIpc) is 2.62. The molecule has 2 rings (SSSR count). The number of anilines is 1. The molecule has 1 amide bonds. The zero-order valence-electron chi connectivity index (χ0n) is 15.7. The van der Waals surface area contributed by atoms with Crippen LogP contribution < -0.4 is 9.04 Å². The number of halogens is 1. The van der Waals surface area contributed by atoms with Gasteiger partial charge in [0.2, 0.25) is 15.9 Å². The maximum atomic E-state index is 14.2. The molecule has 0 N–H and O–H groups in total. The van der Waals surface area contributed by atoms with Crippen molar-refractivity contribution in [2.75, 3.05) is 24.7 Å². The van der Waals surface area contributed by atoms with Crippen molar-refractivity contribution in [3.8, 4) is 5.75 Å². The second-order valence-corrected chi connectivity index (χ2v) is 8.09. The third kappa shape index (κ3) is 4.97. The highest BCUT2D eigenvalue weighted by molar-refractivity contribution is 7.92. The number of sulfonamides is 1. The molecule has 0 aromatic heterocycles. The molecule has 0 saturated carbocycles. The molecule has 6 nitrogen and oxygen atoms in total. The number of methoxy groups -OCH3 is 1. The summed E-state index contributed by atoms with van der Waals surface area (Å²) in [7, 11) is -0.732. The fourth-order valence-corrected chi connectivity index (χ4v) is 3.98. The van der Waals surface area contributed by atoms with Crippen molar-refractivity contribution in [2.24, 2.45) is 0 Å². The molecule has 27 heavy (non-hydrogen) atoms. The number of amides is 1. The second kappa shape index (κ2) is 8.39. The van der Waals surface area contributed by atoms with Crippen LogP contribution in [0.15, 0.2) is 48.5 Å². The van der Waals surface area contributed by atoms with Crippen molar-refractivity contribution in [3.63, 3.8) is 0 Å². The number of ether oxygens (including phenoxy) is 1. The van der Waals surface area contributed by atoms with Gasteiger partial charge in [-0.25, -0.2) is 12.8 Å². The van der Waals surface area contributed by atoms with Crippen molar-refractivity contribution < 1.29 is 22.3 Å². The summed E-state index contributed by atoms with van der Waals surface area (Å²) in [6.45, 7) is 1.72. The second-order valence-electron chi connectivity index (χ2n) is 6.23. The Morgan fingerprint density at radius 1 is 1.15 bits per heavy atom. The van der Waals surface area contributed by atoms with Crippen LogP contribution in [0.2, 0.25) is 0 Å². The molecule has 0 saturated heterocycles. The third-order valence-corrected chi connectivity index (χ3v) is 5.34. The largest absolute Gasteiger partial charge is 0.497 e. The number of likely N-dealkylation sites (N-methyl/N-ethyl adjacent to an activating group) is 1. The first-order valence-corrected chi connectivity index (χ1v) is 10.1. The van der Waals surface area contributed by atoms with Crippen LogP contribution in [-0.2, 0) is 21.4 Å². The molecule has 0 spiro atoms. The number of carbonyl (C=O) groups excluding carboxylic acids is 1. The van der Waals surface area contributed by atoms with Gasteiger partial charge in [0, 0.05) is 13.6 Å². The molecule has 0 unspecified atom stereocenters. The van der Waals surface area contributed by atoms with Gasteiger partial charge in [0.15, 0.2) is 0 Å². The zero-order chi connectivity index (χ0) is 20.2. The molecule has 0 aliphatic carbocycles. The third-order valence-electron chi connectivity index (χ3n) is 4.11. The lowest BCUT2D eigenvalue weighted by Crippen LogP contribution is -2.48. The molecule has 2 aromatic rings. The van der Waals surface area contributed by atoms with E-state index in [1.807, 2.05) is 12.1 Å². The van der Waals surface area contributed by atoms with Gasteiger partial charge in [-0.05, 0) is 36.8 Å². The van der Waals surface area contributed by atoms with E-state index in [0.29, 0.717) is 5.75 Å². The van der Waals surface area contributed by atoms with Gasteiger partial charge in [-0.1, -0.05) is 24.3 Å². The van der Waals surface area contributed by atoms with Crippen LogP contribution in [0.3, 0.4) is 0 Å². The Morgan fingerprint density at radius 2 is 1.74 bits per heavy atom. The molecule has 0 aliphatic heterocycles. The monoisotopic (exact) mass is 394 g/mol. The first kappa shape index (κ1) is 20.7. The summed E-state index contributed by atoms with van der Waals surface area (Å²) in [4.78, 5) is 14.2. The topological polar surface area (TPSA) is 66.9 Å². The molecule has 8 heteroatoms. The molecule has 0 aliphatic rings. The van der Waals surface area contributed by atoms with E-state index in [0.717, 1.165) is 22.2 Å². The lowest BCUT2D eigenvalue weighted by molar-refractivity contribution is -0.131. The summed E-state index contributed by atoms with van der Waals surface area (Å²) in [5.41, 5.74) is 0.703. The quantitative estimate of drug-likeness (QED) is 0.724. The Balaban J connectivity index is 2.24. The van der Waals surface area contributed by atoms with Gasteiger partial charge in [-0.2, -0.15) is 0 Å². The molecule has 0 heterocycles. The van der Waals surface area contributed by atoms with Crippen LogP contribution in [0.1, 0.15) is 12.5 Å². The van der Waals surface area contributed by atoms with Crippen LogP contribution in [0.5, 0.6) is 5.75 Å². The molecule has 1 atom stereocenters. The normalized spacial score (nSPS) is 12.3. The Morgan fingerprint density at radius 3 is 2.26 bits per heavy atom. The van der Waals surface area contributed by atoms with E-state index in [9.17, 15) is 17.6 Å². The Labute approximate surface area is 159 Å². The van der Waals surface area contributed by atoms with Crippen molar-refractivity contribution in [2.45, 2.75) is 19.5 Å². The van der Waals surface area contributed by atoms with Crippen molar-refractivity contribution in [3.05, 3.63) is 59.9 Å². The van der Waals surface area contributed by atoms with E-state index in [4.69, 9.17) is 4.74 Å². The highest BCUT2D eigenvalue weighted by Gasteiger charge is 2.32. The number of carbonyl (C=O) groups is 1. The van der Waals surface area contributed by atoms with Crippen LogP contribution in [0.4, 0.5) is 10.1 Å². The van der Waals surface area contributed by atoms with Gasteiger partial charge in [0.1, 0.15) is 17.6 Å². The SMILES string of the molecule is COc1ccc(CN(C)C(=O)[C@H](C)N(c2ccccc2F)S(C)(=O)=O)cc1. The maximum Gasteiger partial charge on any atom is 0.246 e. The summed E-state index contributed by atoms with van der Waals surface area (Å²) < 4.78 is 44.6. The van der Waals surface area contributed by atoms with Crippen LogP contribution >= 0.6 is 0 Å². The van der Waals surface area contributed by atoms with Gasteiger partial charge < -0.3 is 9.64 Å². The van der Waals surface area contributed by atoms with E-state index >= 15 is 0 Å². The van der Waals surface area contributed by atoms with Crippen molar-refractivity contribution >= 4 is 21.6 Å². The van der Waals surface area contributed by atoms with Crippen LogP contribution in [0.25, 0.3) is 0 Å². The standard InChI is InChI=1S/C19H23FN2O4S/c1-14(22(27(4,24)25)18-8-6-5-7-17(18)20)19(23)21(2)13-15-9-11-16(26-3)12-10-15/h5-12,14H,13H2,1-4H3/t14-/m0/s1. The number of hydrogen-bond donors (Lipinski definition) is 0. The summed E-state index contributed by atoms with van der Waals surface area (Å²) in [5, 5.41) is 0. The molecule has 146 valence electrons. The van der Waals surface area contributed by atoms with Gasteiger partial charge >= 0.3 is 0 Å². The Hall–Kier alpha value is -2.61. The minimum atomic E-state index is -3.87. The summed E-state index contributed by atoms with van der Waals surface area (Å²) >= 11 is 0. The predicted octanol–water partition coefficient (Wildman–Crippen LogP) is 2.65. The van der Waals surface area contributed by atoms with E-state index < -0.39 is 27.8 Å². The fraction of sp³-hybridized carbons (Fsp3) is 0.316. The number of hydrogen-bond acceptors (Lipinski definition) is 4. The molecule has 0 fully saturated rings. The average molecular weight is 394 g/mol. The van der Waals surface area contributed by atoms with Gasteiger partial charge in [0.05, 0.1) is 19.1 Å². The minimum absolute atomic E-state index is 0.154. The molecule has 0 bridgehead atoms. The van der Waals surface area contributed by atoms with E-state index in [2.05, 4.69) is 0 Å². The van der Waals surface area contributed by atoms with Crippen molar-refractivity contribution in [1.29, 1.82) is 0 Å².